The molecule has 1 N–H and O–H groups in total. The maximum atomic E-state index is 12.8. The van der Waals surface area contributed by atoms with Gasteiger partial charge in [-0.1, -0.05) is 12.1 Å². The maximum absolute atomic E-state index is 12.8. The highest BCUT2D eigenvalue weighted by atomic mass is 16.5. The van der Waals surface area contributed by atoms with Crippen molar-refractivity contribution < 1.29 is 18.7 Å². The van der Waals surface area contributed by atoms with Crippen molar-refractivity contribution in [1.82, 2.24) is 9.55 Å². The SMILES string of the molecule is CCOC(=O)c1ccccc1NC(=O)c1c(C)oc2ncn(C)c(=O)c12. The summed E-state index contributed by atoms with van der Waals surface area (Å²) in [5.74, 6) is -0.847. The van der Waals surface area contributed by atoms with E-state index in [1.807, 2.05) is 0 Å². The molecule has 0 radical (unpaired) electrons. The molecule has 0 fully saturated rings. The zero-order chi connectivity index (χ0) is 18.8. The van der Waals surface area contributed by atoms with Crippen LogP contribution in [0.4, 0.5) is 5.69 Å². The molecule has 8 nitrogen and oxygen atoms in total. The minimum atomic E-state index is -0.567. The van der Waals surface area contributed by atoms with Gasteiger partial charge in [0.25, 0.3) is 11.5 Å². The van der Waals surface area contributed by atoms with Gasteiger partial charge in [0.1, 0.15) is 17.5 Å². The Balaban J connectivity index is 2.04. The minimum absolute atomic E-state index is 0.0901. The lowest BCUT2D eigenvalue weighted by atomic mass is 10.1. The van der Waals surface area contributed by atoms with Crippen LogP contribution in [0, 0.1) is 6.92 Å². The van der Waals surface area contributed by atoms with Crippen molar-refractivity contribution >= 4 is 28.7 Å². The summed E-state index contributed by atoms with van der Waals surface area (Å²) in [6.45, 7) is 3.49. The average Bonchev–Trinajstić information content (AvgIpc) is 2.96. The summed E-state index contributed by atoms with van der Waals surface area (Å²) < 4.78 is 11.7. The first-order valence-corrected chi connectivity index (χ1v) is 7.96. The zero-order valence-electron chi connectivity index (χ0n) is 14.5. The molecule has 1 aromatic carbocycles. The molecule has 0 aliphatic heterocycles. The second-order valence-corrected chi connectivity index (χ2v) is 5.59. The number of nitrogens with one attached hydrogen (secondary N) is 1. The Morgan fingerprint density at radius 3 is 2.77 bits per heavy atom. The van der Waals surface area contributed by atoms with Crippen LogP contribution in [-0.2, 0) is 11.8 Å². The maximum Gasteiger partial charge on any atom is 0.340 e. The average molecular weight is 355 g/mol. The van der Waals surface area contributed by atoms with Crippen molar-refractivity contribution in [2.45, 2.75) is 13.8 Å². The van der Waals surface area contributed by atoms with Crippen LogP contribution in [0.2, 0.25) is 0 Å². The quantitative estimate of drug-likeness (QED) is 0.720. The summed E-state index contributed by atoms with van der Waals surface area (Å²) in [4.78, 5) is 41.3. The number of hydrogen-bond donors (Lipinski definition) is 1. The summed E-state index contributed by atoms with van der Waals surface area (Å²) >= 11 is 0. The Labute approximate surface area is 148 Å². The lowest BCUT2D eigenvalue weighted by molar-refractivity contribution is 0.0527. The molecule has 3 rings (SSSR count). The van der Waals surface area contributed by atoms with Crippen LogP contribution in [0.1, 0.15) is 33.4 Å². The summed E-state index contributed by atoms with van der Waals surface area (Å²) in [6, 6.07) is 6.48. The number of rotatable bonds is 4. The van der Waals surface area contributed by atoms with Gasteiger partial charge in [0, 0.05) is 7.05 Å². The lowest BCUT2D eigenvalue weighted by Gasteiger charge is -2.10. The van der Waals surface area contributed by atoms with E-state index in [1.54, 1.807) is 38.1 Å². The number of esters is 1. The number of anilines is 1. The fourth-order valence-electron chi connectivity index (χ4n) is 2.62. The van der Waals surface area contributed by atoms with Crippen molar-refractivity contribution in [2.75, 3.05) is 11.9 Å². The Bertz CT molecular complexity index is 1060. The molecule has 1 amide bonds. The third kappa shape index (κ3) is 2.97. The lowest BCUT2D eigenvalue weighted by Crippen LogP contribution is -2.21. The van der Waals surface area contributed by atoms with E-state index >= 15 is 0 Å². The van der Waals surface area contributed by atoms with Gasteiger partial charge in [-0.2, -0.15) is 0 Å². The van der Waals surface area contributed by atoms with Crippen LogP contribution in [0.15, 0.2) is 39.8 Å². The van der Waals surface area contributed by atoms with Crippen molar-refractivity contribution in [2.24, 2.45) is 7.05 Å². The number of hydrogen-bond acceptors (Lipinski definition) is 6. The highest BCUT2D eigenvalue weighted by Gasteiger charge is 2.24. The van der Waals surface area contributed by atoms with Crippen molar-refractivity contribution in [3.63, 3.8) is 0 Å². The molecule has 8 heteroatoms. The van der Waals surface area contributed by atoms with Gasteiger partial charge in [-0.25, -0.2) is 9.78 Å². The number of amides is 1. The number of furan rings is 1. The second kappa shape index (κ2) is 6.83. The predicted molar refractivity (Wildman–Crippen MR) is 94.3 cm³/mol. The van der Waals surface area contributed by atoms with Crippen molar-refractivity contribution in [3.05, 3.63) is 57.8 Å². The van der Waals surface area contributed by atoms with Gasteiger partial charge in [0.05, 0.1) is 23.4 Å². The molecule has 2 aromatic heterocycles. The number of ether oxygens (including phenoxy) is 1. The van der Waals surface area contributed by atoms with Gasteiger partial charge in [-0.3, -0.25) is 9.59 Å². The Morgan fingerprint density at radius 2 is 2.04 bits per heavy atom. The molecule has 0 saturated carbocycles. The number of carbonyl (C=O) groups excluding carboxylic acids is 2. The predicted octanol–water partition coefficient (Wildman–Crippen LogP) is 2.26. The van der Waals surface area contributed by atoms with Crippen molar-refractivity contribution in [3.8, 4) is 0 Å². The molecule has 0 aliphatic rings. The van der Waals surface area contributed by atoms with E-state index in [1.165, 1.54) is 17.9 Å². The molecule has 0 unspecified atom stereocenters. The fourth-order valence-corrected chi connectivity index (χ4v) is 2.62. The summed E-state index contributed by atoms with van der Waals surface area (Å²) in [5.41, 5.74) is 0.294. The first kappa shape index (κ1) is 17.4. The van der Waals surface area contributed by atoms with E-state index in [-0.39, 0.29) is 40.3 Å². The van der Waals surface area contributed by atoms with E-state index in [0.29, 0.717) is 0 Å². The normalized spacial score (nSPS) is 10.7. The topological polar surface area (TPSA) is 103 Å². The number of fused-ring (bicyclic) bond motifs is 1. The third-order valence-electron chi connectivity index (χ3n) is 3.85. The summed E-state index contributed by atoms with van der Waals surface area (Å²) in [6.07, 6.45) is 1.32. The zero-order valence-corrected chi connectivity index (χ0v) is 14.5. The molecule has 0 aliphatic carbocycles. The van der Waals surface area contributed by atoms with Crippen LogP contribution < -0.4 is 10.9 Å². The number of nitrogens with zero attached hydrogens (tertiary/aromatic N) is 2. The van der Waals surface area contributed by atoms with E-state index in [4.69, 9.17) is 9.15 Å². The Hall–Kier alpha value is -3.42. The van der Waals surface area contributed by atoms with Gasteiger partial charge in [0.2, 0.25) is 5.71 Å². The Kier molecular flexibility index (Phi) is 4.57. The van der Waals surface area contributed by atoms with Gasteiger partial charge >= 0.3 is 5.97 Å². The minimum Gasteiger partial charge on any atom is -0.462 e. The van der Waals surface area contributed by atoms with Gasteiger partial charge < -0.3 is 19.0 Å². The molecule has 0 bridgehead atoms. The van der Waals surface area contributed by atoms with Crippen LogP contribution in [0.5, 0.6) is 0 Å². The molecule has 0 atom stereocenters. The smallest absolute Gasteiger partial charge is 0.340 e. The van der Waals surface area contributed by atoms with Crippen LogP contribution in [0.25, 0.3) is 11.1 Å². The summed E-state index contributed by atoms with van der Waals surface area (Å²) in [5, 5.41) is 2.75. The largest absolute Gasteiger partial charge is 0.462 e. The fraction of sp³-hybridized carbons (Fsp3) is 0.222. The standard InChI is InChI=1S/C18H17N3O5/c1-4-25-18(24)11-7-5-6-8-12(11)20-15(22)13-10(2)26-16-14(13)17(23)21(3)9-19-16/h5-9H,4H2,1-3H3,(H,20,22). The summed E-state index contributed by atoms with van der Waals surface area (Å²) in [7, 11) is 1.54. The van der Waals surface area contributed by atoms with Gasteiger partial charge in [0.15, 0.2) is 0 Å². The van der Waals surface area contributed by atoms with Gasteiger partial charge in [-0.05, 0) is 26.0 Å². The van der Waals surface area contributed by atoms with Crippen LogP contribution in [-0.4, -0.2) is 28.0 Å². The number of carbonyl (C=O) groups is 2. The Morgan fingerprint density at radius 1 is 1.31 bits per heavy atom. The van der Waals surface area contributed by atoms with E-state index in [0.717, 1.165) is 0 Å². The van der Waals surface area contributed by atoms with E-state index in [9.17, 15) is 14.4 Å². The molecular formula is C18H17N3O5. The third-order valence-corrected chi connectivity index (χ3v) is 3.85. The monoisotopic (exact) mass is 355 g/mol. The molecular weight excluding hydrogens is 338 g/mol. The number of benzene rings is 1. The molecule has 134 valence electrons. The number of aryl methyl sites for hydroxylation is 2. The first-order chi connectivity index (χ1) is 12.4. The van der Waals surface area contributed by atoms with Crippen LogP contribution >= 0.6 is 0 Å². The molecule has 0 spiro atoms. The molecule has 0 saturated heterocycles. The second-order valence-electron chi connectivity index (χ2n) is 5.59. The molecule has 3 aromatic rings. The molecule has 26 heavy (non-hydrogen) atoms. The highest BCUT2D eigenvalue weighted by molar-refractivity contribution is 6.14. The molecule has 2 heterocycles. The first-order valence-electron chi connectivity index (χ1n) is 7.96. The number of para-hydroxylation sites is 1. The van der Waals surface area contributed by atoms with Crippen LogP contribution in [0.3, 0.4) is 0 Å². The van der Waals surface area contributed by atoms with E-state index < -0.39 is 17.4 Å². The van der Waals surface area contributed by atoms with Gasteiger partial charge in [-0.15, -0.1) is 0 Å². The van der Waals surface area contributed by atoms with E-state index in [2.05, 4.69) is 10.3 Å². The number of aromatic nitrogens is 2. The highest BCUT2D eigenvalue weighted by Crippen LogP contribution is 2.23. The van der Waals surface area contributed by atoms with Crippen molar-refractivity contribution in [1.29, 1.82) is 0 Å².